The summed E-state index contributed by atoms with van der Waals surface area (Å²) < 4.78 is 0. The van der Waals surface area contributed by atoms with Crippen LogP contribution in [0.4, 0.5) is 0 Å². The second kappa shape index (κ2) is 9.17. The predicted octanol–water partition coefficient (Wildman–Crippen LogP) is 2.04. The van der Waals surface area contributed by atoms with Gasteiger partial charge in [0.1, 0.15) is 6.04 Å². The van der Waals surface area contributed by atoms with E-state index >= 15 is 0 Å². The van der Waals surface area contributed by atoms with E-state index in [1.165, 1.54) is 0 Å². The fourth-order valence-electron chi connectivity index (χ4n) is 1.08. The molecular formula is C12H13Cl2NO5. The Morgan fingerprint density at radius 2 is 1.70 bits per heavy atom. The number of hydrogen-bond acceptors (Lipinski definition) is 3. The van der Waals surface area contributed by atoms with Crippen molar-refractivity contribution in [3.05, 3.63) is 34.3 Å². The van der Waals surface area contributed by atoms with Crippen LogP contribution in [0.25, 0.3) is 0 Å². The maximum absolute atomic E-state index is 10.4. The summed E-state index contributed by atoms with van der Waals surface area (Å²) in [5.41, 5.74) is 0. The van der Waals surface area contributed by atoms with Crippen LogP contribution >= 0.6 is 23.2 Å². The molecule has 1 atom stereocenters. The van der Waals surface area contributed by atoms with Gasteiger partial charge < -0.3 is 15.5 Å². The first-order chi connectivity index (χ1) is 9.22. The molecule has 0 spiro atoms. The molecule has 1 aromatic carbocycles. The molecule has 0 aliphatic carbocycles. The molecule has 1 unspecified atom stereocenters. The van der Waals surface area contributed by atoms with Crippen molar-refractivity contribution in [3.63, 3.8) is 0 Å². The van der Waals surface area contributed by atoms with Crippen LogP contribution in [0.15, 0.2) is 24.3 Å². The van der Waals surface area contributed by atoms with E-state index in [4.69, 9.17) is 33.4 Å². The lowest BCUT2D eigenvalue weighted by Gasteiger charge is -2.09. The van der Waals surface area contributed by atoms with E-state index in [0.717, 1.165) is 6.92 Å². The van der Waals surface area contributed by atoms with Crippen LogP contribution in [-0.2, 0) is 14.4 Å². The summed E-state index contributed by atoms with van der Waals surface area (Å²) in [5.74, 6) is -3.19. The third-order valence-electron chi connectivity index (χ3n) is 1.84. The highest BCUT2D eigenvalue weighted by molar-refractivity contribution is 6.34. The number of carbonyl (C=O) groups is 3. The molecule has 110 valence electrons. The molecule has 6 nitrogen and oxygen atoms in total. The average molecular weight is 322 g/mol. The molecule has 0 aromatic heterocycles. The Labute approximate surface area is 125 Å². The van der Waals surface area contributed by atoms with Gasteiger partial charge in [-0.15, -0.1) is 0 Å². The second-order valence-corrected chi connectivity index (χ2v) is 4.50. The maximum atomic E-state index is 10.4. The molecule has 1 amide bonds. The highest BCUT2D eigenvalue weighted by atomic mass is 35.5. The normalized spacial score (nSPS) is 10.8. The van der Waals surface area contributed by atoms with Crippen molar-refractivity contribution < 1.29 is 24.6 Å². The van der Waals surface area contributed by atoms with Gasteiger partial charge in [0, 0.05) is 17.0 Å². The standard InChI is InChI=1S/C6H4Cl2.C6H9NO5/c7-5-2-1-3-6(8)4-5;1-3(8)7-4(6(11)12)2-5(9)10/h1-4H;4H,2H2,1H3,(H,7,8)(H,9,10)(H,11,12). The number of rotatable bonds is 4. The lowest BCUT2D eigenvalue weighted by atomic mass is 10.2. The van der Waals surface area contributed by atoms with Crippen molar-refractivity contribution in [2.75, 3.05) is 0 Å². The highest BCUT2D eigenvalue weighted by Gasteiger charge is 2.21. The second-order valence-electron chi connectivity index (χ2n) is 3.63. The minimum absolute atomic E-state index is 0.566. The summed E-state index contributed by atoms with van der Waals surface area (Å²) in [7, 11) is 0. The van der Waals surface area contributed by atoms with Gasteiger partial charge in [-0.25, -0.2) is 4.79 Å². The SMILES string of the molecule is CC(=O)NC(CC(=O)O)C(=O)O.Clc1cccc(Cl)c1. The van der Waals surface area contributed by atoms with Gasteiger partial charge in [0.2, 0.25) is 5.91 Å². The molecule has 0 aliphatic rings. The number of carboxylic acids is 2. The Kier molecular flexibility index (Phi) is 8.35. The zero-order valence-corrected chi connectivity index (χ0v) is 12.0. The average Bonchev–Trinajstić information content (AvgIpc) is 2.27. The van der Waals surface area contributed by atoms with E-state index in [9.17, 15) is 14.4 Å². The summed E-state index contributed by atoms with van der Waals surface area (Å²) in [6, 6.07) is 5.73. The zero-order chi connectivity index (χ0) is 15.7. The Morgan fingerprint density at radius 1 is 1.20 bits per heavy atom. The zero-order valence-electron chi connectivity index (χ0n) is 10.5. The maximum Gasteiger partial charge on any atom is 0.326 e. The van der Waals surface area contributed by atoms with Crippen molar-refractivity contribution in [2.45, 2.75) is 19.4 Å². The highest BCUT2D eigenvalue weighted by Crippen LogP contribution is 2.13. The molecule has 0 fully saturated rings. The van der Waals surface area contributed by atoms with Gasteiger partial charge in [-0.05, 0) is 18.2 Å². The molecule has 0 heterocycles. The van der Waals surface area contributed by atoms with E-state index < -0.39 is 30.3 Å². The predicted molar refractivity (Wildman–Crippen MR) is 74.0 cm³/mol. The third kappa shape index (κ3) is 9.18. The number of halogens is 2. The quantitative estimate of drug-likeness (QED) is 0.787. The van der Waals surface area contributed by atoms with Crippen LogP contribution in [-0.4, -0.2) is 34.1 Å². The van der Waals surface area contributed by atoms with E-state index in [-0.39, 0.29) is 0 Å². The lowest BCUT2D eigenvalue weighted by Crippen LogP contribution is -2.41. The largest absolute Gasteiger partial charge is 0.481 e. The lowest BCUT2D eigenvalue weighted by molar-refractivity contribution is -0.147. The van der Waals surface area contributed by atoms with Gasteiger partial charge in [-0.1, -0.05) is 29.3 Å². The first-order valence-corrected chi connectivity index (χ1v) is 6.10. The van der Waals surface area contributed by atoms with Gasteiger partial charge in [0.15, 0.2) is 0 Å². The first-order valence-electron chi connectivity index (χ1n) is 5.35. The number of aliphatic carboxylic acids is 2. The van der Waals surface area contributed by atoms with Gasteiger partial charge in [-0.2, -0.15) is 0 Å². The van der Waals surface area contributed by atoms with Gasteiger partial charge in [0.05, 0.1) is 6.42 Å². The molecule has 1 aromatic rings. The summed E-state index contributed by atoms with van der Waals surface area (Å²) in [4.78, 5) is 30.7. The fourth-order valence-corrected chi connectivity index (χ4v) is 1.52. The number of hydrogen-bond donors (Lipinski definition) is 3. The van der Waals surface area contributed by atoms with Gasteiger partial charge in [0.25, 0.3) is 0 Å². The summed E-state index contributed by atoms with van der Waals surface area (Å²) in [5, 5.41) is 20.0. The minimum atomic E-state index is -1.35. The Balaban J connectivity index is 0.000000388. The molecule has 1 rings (SSSR count). The Bertz CT molecular complexity index is 459. The van der Waals surface area contributed by atoms with Crippen LogP contribution in [0, 0.1) is 0 Å². The molecule has 3 N–H and O–H groups in total. The number of carboxylic acid groups (broad SMARTS) is 2. The van der Waals surface area contributed by atoms with Crippen LogP contribution in [0.5, 0.6) is 0 Å². The number of nitrogens with one attached hydrogen (secondary N) is 1. The Hall–Kier alpha value is -1.79. The van der Waals surface area contributed by atoms with E-state index in [1.807, 2.05) is 11.4 Å². The van der Waals surface area contributed by atoms with Crippen molar-refractivity contribution in [1.29, 1.82) is 0 Å². The number of carbonyl (C=O) groups excluding carboxylic acids is 1. The van der Waals surface area contributed by atoms with Crippen LogP contribution in [0.3, 0.4) is 0 Å². The minimum Gasteiger partial charge on any atom is -0.481 e. The van der Waals surface area contributed by atoms with Crippen LogP contribution in [0.1, 0.15) is 13.3 Å². The van der Waals surface area contributed by atoms with Gasteiger partial charge >= 0.3 is 11.9 Å². The monoisotopic (exact) mass is 321 g/mol. The first kappa shape index (κ1) is 18.2. The van der Waals surface area contributed by atoms with Gasteiger partial charge in [-0.3, -0.25) is 9.59 Å². The van der Waals surface area contributed by atoms with E-state index in [0.29, 0.717) is 10.0 Å². The van der Waals surface area contributed by atoms with Crippen LogP contribution in [0.2, 0.25) is 10.0 Å². The van der Waals surface area contributed by atoms with E-state index in [1.54, 1.807) is 18.2 Å². The van der Waals surface area contributed by atoms with Crippen molar-refractivity contribution in [3.8, 4) is 0 Å². The van der Waals surface area contributed by atoms with E-state index in [2.05, 4.69) is 0 Å². The molecule has 0 bridgehead atoms. The third-order valence-corrected chi connectivity index (χ3v) is 2.31. The molecule has 0 aliphatic heterocycles. The topological polar surface area (TPSA) is 104 Å². The van der Waals surface area contributed by atoms with Crippen molar-refractivity contribution >= 4 is 41.0 Å². The molecule has 0 saturated heterocycles. The van der Waals surface area contributed by atoms with Crippen molar-refractivity contribution in [1.82, 2.24) is 5.32 Å². The fraction of sp³-hybridized carbons (Fsp3) is 0.250. The van der Waals surface area contributed by atoms with Crippen LogP contribution < -0.4 is 5.32 Å². The van der Waals surface area contributed by atoms with Crippen molar-refractivity contribution in [2.24, 2.45) is 0 Å². The number of amides is 1. The molecular weight excluding hydrogens is 309 g/mol. The smallest absolute Gasteiger partial charge is 0.326 e. The number of benzene rings is 1. The molecule has 8 heteroatoms. The summed E-state index contributed by atoms with van der Waals surface area (Å²) in [6.45, 7) is 1.12. The summed E-state index contributed by atoms with van der Waals surface area (Å²) in [6.07, 6.45) is -0.616. The molecule has 20 heavy (non-hydrogen) atoms. The Morgan fingerprint density at radius 3 is 1.95 bits per heavy atom. The molecule has 0 saturated carbocycles. The molecule has 0 radical (unpaired) electrons. The summed E-state index contributed by atoms with van der Waals surface area (Å²) >= 11 is 11.1.